The Morgan fingerprint density at radius 1 is 1.44 bits per heavy atom. The Morgan fingerprint density at radius 3 is 2.61 bits per heavy atom. The van der Waals surface area contributed by atoms with Gasteiger partial charge in [0.2, 0.25) is 5.91 Å². The van der Waals surface area contributed by atoms with E-state index in [1.54, 1.807) is 31.3 Å². The van der Waals surface area contributed by atoms with Crippen molar-refractivity contribution in [1.82, 2.24) is 9.88 Å². The van der Waals surface area contributed by atoms with Gasteiger partial charge in [0.25, 0.3) is 0 Å². The van der Waals surface area contributed by atoms with E-state index in [4.69, 9.17) is 5.26 Å². The SMILES string of the molecule is CCCN(CC(=O)N(C)C)c1ccc(C#N)nc1. The number of carbonyl (C=O) groups is 1. The first-order chi connectivity index (χ1) is 8.58. The van der Waals surface area contributed by atoms with Gasteiger partial charge in [0, 0.05) is 20.6 Å². The minimum atomic E-state index is 0.0489. The lowest BCUT2D eigenvalue weighted by Crippen LogP contribution is -2.37. The fraction of sp³-hybridized carbons (Fsp3) is 0.462. The Kier molecular flexibility index (Phi) is 5.12. The molecule has 1 aromatic heterocycles. The van der Waals surface area contributed by atoms with E-state index in [1.807, 2.05) is 17.0 Å². The van der Waals surface area contributed by atoms with Crippen LogP contribution in [-0.2, 0) is 4.79 Å². The Morgan fingerprint density at radius 2 is 2.17 bits per heavy atom. The third-order valence-electron chi connectivity index (χ3n) is 2.55. The lowest BCUT2D eigenvalue weighted by molar-refractivity contribution is -0.127. The molecular formula is C13H18N4O. The van der Waals surface area contributed by atoms with Gasteiger partial charge in [-0.3, -0.25) is 4.79 Å². The second-order valence-corrected chi connectivity index (χ2v) is 4.22. The predicted octanol–water partition coefficient (Wildman–Crippen LogP) is 1.26. The number of hydrogen-bond donors (Lipinski definition) is 0. The molecule has 1 aromatic rings. The number of nitrogens with zero attached hydrogens (tertiary/aromatic N) is 4. The van der Waals surface area contributed by atoms with Crippen LogP contribution in [-0.4, -0.2) is 43.0 Å². The third kappa shape index (κ3) is 3.74. The first kappa shape index (κ1) is 14.0. The van der Waals surface area contributed by atoms with Gasteiger partial charge in [-0.1, -0.05) is 6.92 Å². The van der Waals surface area contributed by atoms with E-state index in [9.17, 15) is 4.79 Å². The topological polar surface area (TPSA) is 60.2 Å². The van der Waals surface area contributed by atoms with Crippen LogP contribution in [0.1, 0.15) is 19.0 Å². The van der Waals surface area contributed by atoms with Gasteiger partial charge in [0.05, 0.1) is 18.4 Å². The molecule has 96 valence electrons. The van der Waals surface area contributed by atoms with E-state index in [-0.39, 0.29) is 5.91 Å². The maximum absolute atomic E-state index is 11.7. The Balaban J connectivity index is 2.83. The van der Waals surface area contributed by atoms with Gasteiger partial charge in [-0.05, 0) is 18.6 Å². The molecule has 0 unspecified atom stereocenters. The number of carbonyl (C=O) groups excluding carboxylic acids is 1. The number of amides is 1. The van der Waals surface area contributed by atoms with Crippen LogP contribution in [0.5, 0.6) is 0 Å². The molecule has 0 aliphatic carbocycles. The molecule has 1 heterocycles. The summed E-state index contributed by atoms with van der Waals surface area (Å²) in [6.45, 7) is 3.17. The highest BCUT2D eigenvalue weighted by Crippen LogP contribution is 2.13. The summed E-state index contributed by atoms with van der Waals surface area (Å²) < 4.78 is 0. The summed E-state index contributed by atoms with van der Waals surface area (Å²) in [6, 6.07) is 5.47. The first-order valence-electron chi connectivity index (χ1n) is 5.89. The molecular weight excluding hydrogens is 228 g/mol. The zero-order chi connectivity index (χ0) is 13.5. The smallest absolute Gasteiger partial charge is 0.241 e. The van der Waals surface area contributed by atoms with Crippen molar-refractivity contribution in [3.05, 3.63) is 24.0 Å². The summed E-state index contributed by atoms with van der Waals surface area (Å²) in [6.07, 6.45) is 2.58. The maximum atomic E-state index is 11.7. The zero-order valence-electron chi connectivity index (χ0n) is 11.1. The Hall–Kier alpha value is -2.09. The number of likely N-dealkylation sites (N-methyl/N-ethyl adjacent to an activating group) is 1. The maximum Gasteiger partial charge on any atom is 0.241 e. The summed E-state index contributed by atoms with van der Waals surface area (Å²) in [7, 11) is 3.48. The molecule has 0 saturated heterocycles. The largest absolute Gasteiger partial charge is 0.361 e. The van der Waals surface area contributed by atoms with Gasteiger partial charge in [-0.15, -0.1) is 0 Å². The number of pyridine rings is 1. The standard InChI is InChI=1S/C13H18N4O/c1-4-7-17(10-13(18)16(2)3)12-6-5-11(8-14)15-9-12/h5-6,9H,4,7,10H2,1-3H3. The second-order valence-electron chi connectivity index (χ2n) is 4.22. The van der Waals surface area contributed by atoms with Gasteiger partial charge in [-0.2, -0.15) is 5.26 Å². The molecule has 18 heavy (non-hydrogen) atoms. The van der Waals surface area contributed by atoms with Crippen LogP contribution in [0.3, 0.4) is 0 Å². The number of rotatable bonds is 5. The minimum absolute atomic E-state index is 0.0489. The molecule has 5 nitrogen and oxygen atoms in total. The number of nitriles is 1. The van der Waals surface area contributed by atoms with Gasteiger partial charge in [-0.25, -0.2) is 4.98 Å². The molecule has 0 fully saturated rings. The van der Waals surface area contributed by atoms with Gasteiger partial charge in [0.15, 0.2) is 0 Å². The van der Waals surface area contributed by atoms with Crippen LogP contribution >= 0.6 is 0 Å². The molecule has 0 radical (unpaired) electrons. The van der Waals surface area contributed by atoms with Crippen LogP contribution < -0.4 is 4.90 Å². The van der Waals surface area contributed by atoms with Crippen molar-refractivity contribution in [2.45, 2.75) is 13.3 Å². The normalized spacial score (nSPS) is 9.67. The van der Waals surface area contributed by atoms with Crippen LogP contribution in [0.2, 0.25) is 0 Å². The molecule has 0 atom stereocenters. The third-order valence-corrected chi connectivity index (χ3v) is 2.55. The van der Waals surface area contributed by atoms with Crippen molar-refractivity contribution >= 4 is 11.6 Å². The molecule has 0 saturated carbocycles. The lowest BCUT2D eigenvalue weighted by atomic mass is 10.3. The molecule has 0 bridgehead atoms. The Bertz CT molecular complexity index is 433. The highest BCUT2D eigenvalue weighted by atomic mass is 16.2. The number of hydrogen-bond acceptors (Lipinski definition) is 4. The van der Waals surface area contributed by atoms with Gasteiger partial charge >= 0.3 is 0 Å². The molecule has 1 rings (SSSR count). The van der Waals surface area contributed by atoms with Crippen molar-refractivity contribution < 1.29 is 4.79 Å². The Labute approximate surface area is 108 Å². The summed E-state index contributed by atoms with van der Waals surface area (Å²) in [4.78, 5) is 19.3. The van der Waals surface area contributed by atoms with E-state index in [2.05, 4.69) is 11.9 Å². The fourth-order valence-electron chi connectivity index (χ4n) is 1.51. The summed E-state index contributed by atoms with van der Waals surface area (Å²) >= 11 is 0. The van der Waals surface area contributed by atoms with Crippen molar-refractivity contribution in [2.24, 2.45) is 0 Å². The average molecular weight is 246 g/mol. The molecule has 0 spiro atoms. The van der Waals surface area contributed by atoms with Crippen LogP contribution in [0.15, 0.2) is 18.3 Å². The zero-order valence-corrected chi connectivity index (χ0v) is 11.1. The molecule has 0 aliphatic rings. The lowest BCUT2D eigenvalue weighted by Gasteiger charge is -2.24. The van der Waals surface area contributed by atoms with Crippen LogP contribution in [0.25, 0.3) is 0 Å². The van der Waals surface area contributed by atoms with E-state index in [1.165, 1.54) is 0 Å². The fourth-order valence-corrected chi connectivity index (χ4v) is 1.51. The van der Waals surface area contributed by atoms with E-state index in [0.717, 1.165) is 18.7 Å². The van der Waals surface area contributed by atoms with Crippen molar-refractivity contribution in [3.8, 4) is 6.07 Å². The molecule has 0 aliphatic heterocycles. The number of anilines is 1. The van der Waals surface area contributed by atoms with E-state index in [0.29, 0.717) is 12.2 Å². The monoisotopic (exact) mass is 246 g/mol. The summed E-state index contributed by atoms with van der Waals surface area (Å²) in [5.41, 5.74) is 1.25. The summed E-state index contributed by atoms with van der Waals surface area (Å²) in [5.74, 6) is 0.0489. The van der Waals surface area contributed by atoms with Crippen molar-refractivity contribution in [2.75, 3.05) is 32.1 Å². The predicted molar refractivity (Wildman–Crippen MR) is 70.2 cm³/mol. The highest BCUT2D eigenvalue weighted by molar-refractivity contribution is 5.80. The molecule has 0 aromatic carbocycles. The van der Waals surface area contributed by atoms with Crippen molar-refractivity contribution in [1.29, 1.82) is 5.26 Å². The van der Waals surface area contributed by atoms with E-state index < -0.39 is 0 Å². The second kappa shape index (κ2) is 6.60. The van der Waals surface area contributed by atoms with Gasteiger partial charge < -0.3 is 9.80 Å². The van der Waals surface area contributed by atoms with Crippen LogP contribution in [0.4, 0.5) is 5.69 Å². The van der Waals surface area contributed by atoms with Crippen molar-refractivity contribution in [3.63, 3.8) is 0 Å². The highest BCUT2D eigenvalue weighted by Gasteiger charge is 2.12. The molecule has 5 heteroatoms. The first-order valence-corrected chi connectivity index (χ1v) is 5.89. The quantitative estimate of drug-likeness (QED) is 0.784. The average Bonchev–Trinajstić information content (AvgIpc) is 2.38. The molecule has 0 N–H and O–H groups in total. The number of aromatic nitrogens is 1. The van der Waals surface area contributed by atoms with E-state index >= 15 is 0 Å². The van der Waals surface area contributed by atoms with Gasteiger partial charge in [0.1, 0.15) is 11.8 Å². The molecule has 1 amide bonds. The summed E-state index contributed by atoms with van der Waals surface area (Å²) in [5, 5.41) is 8.70. The minimum Gasteiger partial charge on any atom is -0.361 e. The van der Waals surface area contributed by atoms with Crippen LogP contribution in [0, 0.1) is 11.3 Å².